The molecule has 5 atom stereocenters. The van der Waals surface area contributed by atoms with Crippen LogP contribution < -0.4 is 26.3 Å². The molecule has 4 heterocycles. The number of aromatic nitrogens is 3. The summed E-state index contributed by atoms with van der Waals surface area (Å²) in [6.07, 6.45) is -12.5. The molecule has 4 aromatic rings. The highest BCUT2D eigenvalue weighted by molar-refractivity contribution is 5.87. The number of methoxy groups -OCH3 is 1. The van der Waals surface area contributed by atoms with Gasteiger partial charge in [-0.05, 0) is 88.1 Å². The summed E-state index contributed by atoms with van der Waals surface area (Å²) in [6, 6.07) is 4.43. The molecule has 0 spiro atoms. The maximum Gasteiger partial charge on any atom is 0.407 e. The van der Waals surface area contributed by atoms with Gasteiger partial charge in [-0.3, -0.25) is 19.9 Å². The van der Waals surface area contributed by atoms with Crippen LogP contribution in [0.5, 0.6) is 0 Å². The molecule has 2 aromatic heterocycles. The van der Waals surface area contributed by atoms with E-state index in [0.29, 0.717) is 62.0 Å². The van der Waals surface area contributed by atoms with Gasteiger partial charge in [0.25, 0.3) is 5.91 Å². The number of anilines is 1. The van der Waals surface area contributed by atoms with Gasteiger partial charge < -0.3 is 40.5 Å². The number of carboxylic acid groups (broad SMARTS) is 1. The van der Waals surface area contributed by atoms with Gasteiger partial charge in [-0.1, -0.05) is 24.0 Å². The van der Waals surface area contributed by atoms with Crippen LogP contribution in [-0.4, -0.2) is 155 Å². The Labute approximate surface area is 446 Å². The number of halogens is 10. The number of ether oxygens (including phenoxy) is 2. The second kappa shape index (κ2) is 25.3. The molecular formula is C51H58F10N10O8. The number of rotatable bonds is 19. The lowest BCUT2D eigenvalue weighted by Crippen LogP contribution is -2.63. The topological polar surface area (TPSA) is 216 Å². The number of alkyl carbamates (subject to hydrolysis) is 1. The summed E-state index contributed by atoms with van der Waals surface area (Å²) in [4.78, 5) is 61.2. The molecular weight excluding hydrogens is 1070 g/mol. The highest BCUT2D eigenvalue weighted by Gasteiger charge is 2.57. The van der Waals surface area contributed by atoms with E-state index in [9.17, 15) is 64.5 Å². The summed E-state index contributed by atoms with van der Waals surface area (Å²) in [5.41, 5.74) is -4.50. The summed E-state index contributed by atoms with van der Waals surface area (Å²) in [7, 11) is 0.810. The summed E-state index contributed by atoms with van der Waals surface area (Å²) in [5, 5.41) is 30.9. The monoisotopic (exact) mass is 1130 g/mol. The number of pyridine rings is 1. The number of nitrogens with zero attached hydrogens (tertiary/aromatic N) is 6. The molecule has 4 amide bonds. The molecule has 2 aliphatic heterocycles. The van der Waals surface area contributed by atoms with Gasteiger partial charge in [-0.2, -0.15) is 40.2 Å². The van der Waals surface area contributed by atoms with E-state index >= 15 is 8.78 Å². The van der Waals surface area contributed by atoms with Crippen LogP contribution in [0.1, 0.15) is 62.9 Å². The van der Waals surface area contributed by atoms with Gasteiger partial charge in [0.05, 0.1) is 42.9 Å². The van der Waals surface area contributed by atoms with Crippen molar-refractivity contribution < 1.29 is 82.8 Å². The molecule has 430 valence electrons. The lowest BCUT2D eigenvalue weighted by molar-refractivity contribution is -0.221. The van der Waals surface area contributed by atoms with E-state index in [-0.39, 0.29) is 21.4 Å². The standard InChI is InChI=1S/C51H58F10N10O8/c1-48(2,50(56,57)58)41(66-47(77)78-5)43(73)64-38(20-30-9-6-29(7-10-30)8-11-31-12-13-40(62-23-31)69-17-15-68(16-18-69)34-14-19-79-28-34)39(72)27-70(67-44(74)42(65-46(75)76)49(3,4)51(59,60)61)26-35-36(52)21-32(22-37(35)53)33-24-63-71(25-33)45(54)55/h6-7,9-10,12-13,21-25,34,38-39,41-42,45,65,72H,14-20,26-28H2,1-5H3,(H,64,73)(H,66,77)(H,67,74)(H,75,76)/t34?,38-,39-,41+,42+/m0/s1. The number of amides is 4. The average Bonchev–Trinajstić information content (AvgIpc) is 4.15. The van der Waals surface area contributed by atoms with Gasteiger partial charge in [0.15, 0.2) is 0 Å². The average molecular weight is 1130 g/mol. The van der Waals surface area contributed by atoms with Crippen molar-refractivity contribution in [3.05, 3.63) is 101 Å². The fraction of sp³-hybridized carbons (Fsp3) is 0.490. The van der Waals surface area contributed by atoms with Crippen molar-refractivity contribution in [2.24, 2.45) is 10.8 Å². The highest BCUT2D eigenvalue weighted by Crippen LogP contribution is 2.42. The van der Waals surface area contributed by atoms with E-state index in [4.69, 9.17) is 4.74 Å². The van der Waals surface area contributed by atoms with Gasteiger partial charge in [0, 0.05) is 86.6 Å². The summed E-state index contributed by atoms with van der Waals surface area (Å²) < 4.78 is 155. The molecule has 2 aliphatic rings. The van der Waals surface area contributed by atoms with E-state index in [1.165, 1.54) is 29.6 Å². The first kappa shape index (κ1) is 61.0. The number of benzene rings is 2. The van der Waals surface area contributed by atoms with Crippen molar-refractivity contribution in [3.8, 4) is 23.0 Å². The van der Waals surface area contributed by atoms with Crippen molar-refractivity contribution in [2.45, 2.75) is 96.3 Å². The van der Waals surface area contributed by atoms with Crippen molar-refractivity contribution in [3.63, 3.8) is 0 Å². The Balaban J connectivity index is 1.31. The van der Waals surface area contributed by atoms with Crippen LogP contribution in [-0.2, 0) is 32.0 Å². The molecule has 0 saturated carbocycles. The summed E-state index contributed by atoms with van der Waals surface area (Å²) in [5.74, 6) is 0.558. The van der Waals surface area contributed by atoms with Gasteiger partial charge in [-0.25, -0.2) is 33.0 Å². The third-order valence-corrected chi connectivity index (χ3v) is 13.8. The number of hydrazine groups is 1. The number of carbonyl (C=O) groups excluding carboxylic acids is 3. The Hall–Kier alpha value is -7.22. The van der Waals surface area contributed by atoms with Gasteiger partial charge in [0.2, 0.25) is 5.91 Å². The molecule has 0 bridgehead atoms. The zero-order valence-electron chi connectivity index (χ0n) is 43.2. The van der Waals surface area contributed by atoms with Crippen molar-refractivity contribution >= 4 is 29.8 Å². The third kappa shape index (κ3) is 15.3. The van der Waals surface area contributed by atoms with Crippen molar-refractivity contribution in [1.29, 1.82) is 0 Å². The SMILES string of the molecule is COC(=O)N[C@H](C(=O)N[C@@H](Cc1ccc(C#Cc2ccc(N3CCN(C4CCOC4)CC3)nc2)cc1)[C@@H](O)CN(Cc1c(F)cc(-c2cnn(C(F)F)c2)cc1F)NC(=O)[C@@H](NC(=O)O)C(C)(C)C(F)(F)F)C(C)(C)C(F)(F)F. The maximum absolute atomic E-state index is 16.0. The first-order valence-electron chi connectivity index (χ1n) is 24.4. The van der Waals surface area contributed by atoms with E-state index in [2.05, 4.69) is 41.8 Å². The Bertz CT molecular complexity index is 2800. The normalized spacial score (nSPS) is 17.1. The predicted molar refractivity (Wildman–Crippen MR) is 263 cm³/mol. The Morgan fingerprint density at radius 3 is 1.94 bits per heavy atom. The minimum Gasteiger partial charge on any atom is -0.465 e. The van der Waals surface area contributed by atoms with Crippen molar-refractivity contribution in [1.82, 2.24) is 46.0 Å². The van der Waals surface area contributed by atoms with E-state index in [1.807, 2.05) is 16.8 Å². The van der Waals surface area contributed by atoms with Gasteiger partial charge >= 0.3 is 31.1 Å². The number of alkyl halides is 8. The Morgan fingerprint density at radius 2 is 1.42 bits per heavy atom. The first-order valence-corrected chi connectivity index (χ1v) is 24.4. The highest BCUT2D eigenvalue weighted by atomic mass is 19.4. The molecule has 2 saturated heterocycles. The molecule has 1 unspecified atom stereocenters. The number of hydrogen-bond donors (Lipinski definition) is 6. The molecule has 0 aliphatic carbocycles. The van der Waals surface area contributed by atoms with Crippen LogP contribution in [0.15, 0.2) is 67.1 Å². The fourth-order valence-corrected chi connectivity index (χ4v) is 8.65. The lowest BCUT2D eigenvalue weighted by Gasteiger charge is -2.38. The first-order chi connectivity index (χ1) is 37.0. The number of hydrogen-bond acceptors (Lipinski definition) is 12. The van der Waals surface area contributed by atoms with Gasteiger partial charge in [0.1, 0.15) is 29.5 Å². The number of piperazine rings is 1. The van der Waals surface area contributed by atoms with Crippen LogP contribution in [0, 0.1) is 34.3 Å². The molecule has 79 heavy (non-hydrogen) atoms. The van der Waals surface area contributed by atoms with E-state index in [0.717, 1.165) is 71.1 Å². The van der Waals surface area contributed by atoms with Gasteiger partial charge in [-0.15, -0.1) is 0 Å². The Kier molecular flexibility index (Phi) is 19.5. The van der Waals surface area contributed by atoms with Crippen LogP contribution in [0.2, 0.25) is 0 Å². The second-order valence-corrected chi connectivity index (χ2v) is 19.9. The minimum atomic E-state index is -5.28. The molecule has 0 radical (unpaired) electrons. The third-order valence-electron chi connectivity index (χ3n) is 13.8. The number of carbonyl (C=O) groups is 4. The Morgan fingerprint density at radius 1 is 0.823 bits per heavy atom. The number of aliphatic hydroxyl groups is 1. The zero-order valence-corrected chi connectivity index (χ0v) is 43.2. The van der Waals surface area contributed by atoms with E-state index in [1.54, 1.807) is 12.3 Å². The maximum atomic E-state index is 16.0. The van der Waals surface area contributed by atoms with Crippen LogP contribution >= 0.6 is 0 Å². The minimum absolute atomic E-state index is 0.186. The molecule has 18 nitrogen and oxygen atoms in total. The number of nitrogens with one attached hydrogen (secondary N) is 4. The van der Waals surface area contributed by atoms with Crippen LogP contribution in [0.4, 0.5) is 59.3 Å². The molecule has 2 aromatic carbocycles. The summed E-state index contributed by atoms with van der Waals surface area (Å²) >= 11 is 0. The second-order valence-electron chi connectivity index (χ2n) is 19.9. The molecule has 28 heteroatoms. The van der Waals surface area contributed by atoms with Crippen LogP contribution in [0.25, 0.3) is 11.1 Å². The zero-order chi connectivity index (χ0) is 58.2. The largest absolute Gasteiger partial charge is 0.465 e. The number of aliphatic hydroxyl groups excluding tert-OH is 1. The smallest absolute Gasteiger partial charge is 0.407 e. The molecule has 2 fully saturated rings. The lowest BCUT2D eigenvalue weighted by atomic mass is 9.82. The van der Waals surface area contributed by atoms with E-state index < -0.39 is 115 Å². The fourth-order valence-electron chi connectivity index (χ4n) is 8.65. The molecule has 6 N–H and O–H groups in total. The van der Waals surface area contributed by atoms with Crippen LogP contribution in [0.3, 0.4) is 0 Å². The van der Waals surface area contributed by atoms with Crippen molar-refractivity contribution in [2.75, 3.05) is 57.9 Å². The molecule has 6 rings (SSSR count). The quantitative estimate of drug-likeness (QED) is 0.0342. The summed E-state index contributed by atoms with van der Waals surface area (Å²) in [6.45, 7) is 1.41. The predicted octanol–water partition coefficient (Wildman–Crippen LogP) is 6.39.